The average Bonchev–Trinajstić information content (AvgIpc) is 2.89. The number of ether oxygens (including phenoxy) is 3. The Morgan fingerprint density at radius 2 is 1.79 bits per heavy atom. The van der Waals surface area contributed by atoms with Gasteiger partial charge in [-0.1, -0.05) is 26.0 Å². The zero-order valence-corrected chi connectivity index (χ0v) is 26.6. The fourth-order valence-electron chi connectivity index (χ4n) is 4.16. The molecule has 2 amide bonds. The minimum Gasteiger partial charge on any atom is -0.494 e. The number of hydrogen-bond acceptors (Lipinski definition) is 8. The molecule has 1 aromatic rings. The summed E-state index contributed by atoms with van der Waals surface area (Å²) in [7, 11) is -4.43. The number of alkyl carbamates (subject to hydrolysis) is 1. The van der Waals surface area contributed by atoms with E-state index in [0.29, 0.717) is 37.4 Å². The predicted octanol–water partition coefficient (Wildman–Crippen LogP) is 2.50. The SMILES string of the molecule is CC(C)[C@H]1COCCCCOc2ccc(cc2)C[C@@H](NS(=O)(=O)N[C@@H](CCCCNC(=O)OC(C)(C)C)C(=O)O)C(=O)N1. The molecule has 0 saturated carbocycles. The maximum absolute atomic E-state index is 13.4. The van der Waals surface area contributed by atoms with Crippen molar-refractivity contribution in [2.24, 2.45) is 5.92 Å². The van der Waals surface area contributed by atoms with Crippen molar-refractivity contribution in [1.82, 2.24) is 20.1 Å². The Balaban J connectivity index is 2.09. The van der Waals surface area contributed by atoms with E-state index >= 15 is 0 Å². The molecular weight excluding hydrogens is 580 g/mol. The van der Waals surface area contributed by atoms with Crippen LogP contribution in [0, 0.1) is 5.92 Å². The second kappa shape index (κ2) is 17.4. The minimum atomic E-state index is -4.43. The Labute approximate surface area is 255 Å². The number of fused-ring (bicyclic) bond motifs is 13. The Morgan fingerprint density at radius 1 is 1.12 bits per heavy atom. The number of nitrogens with one attached hydrogen (secondary N) is 4. The first-order valence-corrected chi connectivity index (χ1v) is 16.2. The van der Waals surface area contributed by atoms with Gasteiger partial charge in [-0.15, -0.1) is 0 Å². The Kier molecular flexibility index (Phi) is 14.7. The summed E-state index contributed by atoms with van der Waals surface area (Å²) in [5.41, 5.74) is 0.0410. The lowest BCUT2D eigenvalue weighted by Crippen LogP contribution is -2.56. The molecule has 0 aromatic heterocycles. The van der Waals surface area contributed by atoms with Crippen LogP contribution in [0.25, 0.3) is 0 Å². The molecule has 0 spiro atoms. The fraction of sp³-hybridized carbons (Fsp3) is 0.690. The van der Waals surface area contributed by atoms with Gasteiger partial charge in [-0.2, -0.15) is 17.9 Å². The van der Waals surface area contributed by atoms with Gasteiger partial charge in [0.15, 0.2) is 0 Å². The molecule has 5 N–H and O–H groups in total. The van der Waals surface area contributed by atoms with E-state index in [9.17, 15) is 27.9 Å². The topological polar surface area (TPSA) is 181 Å². The number of unbranched alkanes of at least 4 members (excludes halogenated alkanes) is 1. The second-order valence-corrected chi connectivity index (χ2v) is 13.4. The summed E-state index contributed by atoms with van der Waals surface area (Å²) in [5, 5.41) is 15.2. The molecule has 2 heterocycles. The van der Waals surface area contributed by atoms with Gasteiger partial charge in [0.2, 0.25) is 5.91 Å². The van der Waals surface area contributed by atoms with Crippen molar-refractivity contribution in [2.75, 3.05) is 26.4 Å². The van der Waals surface area contributed by atoms with Gasteiger partial charge in [0.1, 0.15) is 23.4 Å². The first-order chi connectivity index (χ1) is 20.1. The van der Waals surface area contributed by atoms with Gasteiger partial charge in [-0.05, 0) is 82.9 Å². The van der Waals surface area contributed by atoms with E-state index < -0.39 is 45.9 Å². The number of benzene rings is 1. The standard InChI is InChI=1S/C29H48N4O9S/c1-20(2)25-19-40-16-8-9-17-41-22-13-11-21(12-14-22)18-24(26(34)31-25)33-43(38,39)32-23(27(35)36)10-6-7-15-30-28(37)42-29(3,4)5/h11-14,20,23-25,32-33H,6-10,15-19H2,1-5H3,(H,30,37)(H,31,34)(H,35,36)/t23-,24+,25+/m0/s1. The van der Waals surface area contributed by atoms with E-state index in [-0.39, 0.29) is 38.0 Å². The van der Waals surface area contributed by atoms with E-state index in [1.54, 1.807) is 45.0 Å². The van der Waals surface area contributed by atoms with Crippen LogP contribution >= 0.6 is 0 Å². The van der Waals surface area contributed by atoms with Crippen molar-refractivity contribution in [3.05, 3.63) is 29.8 Å². The van der Waals surface area contributed by atoms with Crippen molar-refractivity contribution in [3.8, 4) is 5.75 Å². The largest absolute Gasteiger partial charge is 0.494 e. The molecule has 0 saturated heterocycles. The summed E-state index contributed by atoms with van der Waals surface area (Å²) in [5.74, 6) is -1.24. The van der Waals surface area contributed by atoms with E-state index in [1.165, 1.54) is 0 Å². The monoisotopic (exact) mass is 628 g/mol. The second-order valence-electron chi connectivity index (χ2n) is 11.9. The summed E-state index contributed by atoms with van der Waals surface area (Å²) < 4.78 is 47.4. The maximum Gasteiger partial charge on any atom is 0.407 e. The number of hydrogen-bond donors (Lipinski definition) is 5. The number of carboxylic acids is 1. The molecule has 244 valence electrons. The van der Waals surface area contributed by atoms with Gasteiger partial charge in [0.05, 0.1) is 19.3 Å². The van der Waals surface area contributed by atoms with Gasteiger partial charge in [0, 0.05) is 13.2 Å². The first-order valence-electron chi connectivity index (χ1n) is 14.7. The third kappa shape index (κ3) is 14.9. The van der Waals surface area contributed by atoms with E-state index in [1.807, 2.05) is 13.8 Å². The number of carbonyl (C=O) groups is 3. The van der Waals surface area contributed by atoms with E-state index in [0.717, 1.165) is 12.8 Å². The van der Waals surface area contributed by atoms with Gasteiger partial charge in [-0.25, -0.2) is 4.79 Å². The third-order valence-corrected chi connectivity index (χ3v) is 7.73. The van der Waals surface area contributed by atoms with Crippen LogP contribution < -0.4 is 24.8 Å². The van der Waals surface area contributed by atoms with Crippen LogP contribution in [-0.2, 0) is 35.7 Å². The molecule has 13 nitrogen and oxygen atoms in total. The lowest BCUT2D eigenvalue weighted by atomic mass is 10.0. The summed E-state index contributed by atoms with van der Waals surface area (Å²) in [6, 6.07) is 4.01. The lowest BCUT2D eigenvalue weighted by molar-refractivity contribution is -0.139. The van der Waals surface area contributed by atoms with Crippen LogP contribution in [-0.4, -0.2) is 81.6 Å². The van der Waals surface area contributed by atoms with Crippen molar-refractivity contribution >= 4 is 28.2 Å². The number of carbonyl (C=O) groups excluding carboxylic acids is 2. The number of carboxylic acid groups (broad SMARTS) is 1. The number of rotatable bonds is 11. The molecule has 2 bridgehead atoms. The van der Waals surface area contributed by atoms with Crippen LogP contribution in [0.1, 0.15) is 72.3 Å². The van der Waals surface area contributed by atoms with E-state index in [2.05, 4.69) is 20.1 Å². The highest BCUT2D eigenvalue weighted by atomic mass is 32.2. The smallest absolute Gasteiger partial charge is 0.407 e. The highest BCUT2D eigenvalue weighted by Crippen LogP contribution is 2.16. The summed E-state index contributed by atoms with van der Waals surface area (Å²) in [6.45, 7) is 10.6. The molecule has 43 heavy (non-hydrogen) atoms. The Hall–Kier alpha value is -2.94. The molecule has 0 unspecified atom stereocenters. The van der Waals surface area contributed by atoms with Crippen LogP contribution in [0.2, 0.25) is 0 Å². The molecule has 0 radical (unpaired) electrons. The fourth-order valence-corrected chi connectivity index (χ4v) is 5.38. The molecular formula is C29H48N4O9S. The maximum atomic E-state index is 13.4. The van der Waals surface area contributed by atoms with Crippen molar-refractivity contribution in [1.29, 1.82) is 0 Å². The van der Waals surface area contributed by atoms with E-state index in [4.69, 9.17) is 14.2 Å². The summed E-state index contributed by atoms with van der Waals surface area (Å²) in [4.78, 5) is 37.1. The first kappa shape index (κ1) is 36.3. The molecule has 2 aliphatic heterocycles. The summed E-state index contributed by atoms with van der Waals surface area (Å²) >= 11 is 0. The lowest BCUT2D eigenvalue weighted by Gasteiger charge is -2.26. The zero-order chi connectivity index (χ0) is 32.0. The zero-order valence-electron chi connectivity index (χ0n) is 25.8. The molecule has 3 rings (SSSR count). The Bertz CT molecular complexity index is 1140. The van der Waals surface area contributed by atoms with Crippen molar-refractivity contribution in [2.45, 2.75) is 96.9 Å². The van der Waals surface area contributed by atoms with Crippen molar-refractivity contribution < 1.29 is 42.1 Å². The molecule has 1 aromatic carbocycles. The van der Waals surface area contributed by atoms with Crippen molar-refractivity contribution in [3.63, 3.8) is 0 Å². The quantitative estimate of drug-likeness (QED) is 0.230. The highest BCUT2D eigenvalue weighted by Gasteiger charge is 2.31. The van der Waals surface area contributed by atoms with Gasteiger partial charge in [0.25, 0.3) is 10.2 Å². The predicted molar refractivity (Wildman–Crippen MR) is 161 cm³/mol. The molecule has 2 aliphatic rings. The van der Waals surface area contributed by atoms with Gasteiger partial charge in [-0.3, -0.25) is 9.59 Å². The summed E-state index contributed by atoms with van der Waals surface area (Å²) in [6.07, 6.45) is 1.72. The van der Waals surface area contributed by atoms with Crippen LogP contribution in [0.3, 0.4) is 0 Å². The van der Waals surface area contributed by atoms with Gasteiger partial charge < -0.3 is 30.0 Å². The highest BCUT2D eigenvalue weighted by molar-refractivity contribution is 7.87. The number of aliphatic carboxylic acids is 1. The van der Waals surface area contributed by atoms with Crippen LogP contribution in [0.5, 0.6) is 5.75 Å². The normalized spacial score (nSPS) is 19.7. The number of amides is 2. The minimum absolute atomic E-state index is 0.0158. The molecule has 0 aliphatic carbocycles. The molecule has 0 fully saturated rings. The molecule has 14 heteroatoms. The third-order valence-electron chi connectivity index (χ3n) is 6.54. The Morgan fingerprint density at radius 3 is 2.42 bits per heavy atom. The average molecular weight is 629 g/mol. The molecule has 3 atom stereocenters. The van der Waals surface area contributed by atoms with Gasteiger partial charge >= 0.3 is 12.1 Å². The van der Waals surface area contributed by atoms with Crippen LogP contribution in [0.15, 0.2) is 24.3 Å². The van der Waals surface area contributed by atoms with Crippen LogP contribution in [0.4, 0.5) is 4.79 Å².